The van der Waals surface area contributed by atoms with Crippen molar-refractivity contribution in [1.82, 2.24) is 14.4 Å². The van der Waals surface area contributed by atoms with E-state index in [1.165, 1.54) is 30.5 Å². The van der Waals surface area contributed by atoms with E-state index in [4.69, 9.17) is 0 Å². The third-order valence-electron chi connectivity index (χ3n) is 4.05. The number of aromatic nitrogens is 3. The van der Waals surface area contributed by atoms with E-state index in [-0.39, 0.29) is 11.6 Å². The van der Waals surface area contributed by atoms with Gasteiger partial charge in [0.15, 0.2) is 10.9 Å². The van der Waals surface area contributed by atoms with Crippen molar-refractivity contribution in [2.24, 2.45) is 0 Å². The summed E-state index contributed by atoms with van der Waals surface area (Å²) in [4.78, 5) is 20.4. The van der Waals surface area contributed by atoms with Crippen LogP contribution >= 0.6 is 11.3 Å². The number of halogens is 1. The molecule has 26 heavy (non-hydrogen) atoms. The number of pyridine rings is 1. The van der Waals surface area contributed by atoms with Crippen LogP contribution in [0.15, 0.2) is 48.0 Å². The third-order valence-corrected chi connectivity index (χ3v) is 4.80. The molecule has 3 heterocycles. The van der Waals surface area contributed by atoms with Gasteiger partial charge in [0.2, 0.25) is 0 Å². The quantitative estimate of drug-likeness (QED) is 0.525. The normalized spacial score (nSPS) is 11.0. The second kappa shape index (κ2) is 6.34. The molecule has 5 nitrogen and oxygen atoms in total. The topological polar surface area (TPSA) is 59.3 Å². The van der Waals surface area contributed by atoms with Crippen molar-refractivity contribution in [3.8, 4) is 11.4 Å². The van der Waals surface area contributed by atoms with Crippen molar-refractivity contribution < 1.29 is 9.18 Å². The summed E-state index contributed by atoms with van der Waals surface area (Å²) in [6.45, 7) is 3.42. The Hall–Kier alpha value is -3.06. The van der Waals surface area contributed by atoms with Crippen molar-refractivity contribution in [1.29, 1.82) is 0 Å². The molecular weight excluding hydrogens is 351 g/mol. The van der Waals surface area contributed by atoms with Gasteiger partial charge in [-0.2, -0.15) is 0 Å². The molecule has 0 spiro atoms. The number of imidazole rings is 1. The van der Waals surface area contributed by atoms with Gasteiger partial charge >= 0.3 is 0 Å². The maximum absolute atomic E-state index is 13.6. The van der Waals surface area contributed by atoms with Crippen LogP contribution in [-0.4, -0.2) is 20.2 Å². The van der Waals surface area contributed by atoms with Gasteiger partial charge in [-0.3, -0.25) is 9.20 Å². The van der Waals surface area contributed by atoms with Crippen LogP contribution in [-0.2, 0) is 0 Å². The fourth-order valence-electron chi connectivity index (χ4n) is 2.80. The number of nitrogens with zero attached hydrogens (tertiary/aromatic N) is 3. The molecule has 0 aliphatic heterocycles. The van der Waals surface area contributed by atoms with Gasteiger partial charge < -0.3 is 5.32 Å². The summed E-state index contributed by atoms with van der Waals surface area (Å²) in [5, 5.41) is 5.84. The lowest BCUT2D eigenvalue weighted by Crippen LogP contribution is -1.94. The predicted octanol–water partition coefficient (Wildman–Crippen LogP) is 4.85. The molecule has 4 rings (SSSR count). The molecule has 0 saturated heterocycles. The number of carbonyl (C=O) groups excluding carboxylic acids is 1. The average Bonchev–Trinajstić information content (AvgIpc) is 3.18. The van der Waals surface area contributed by atoms with Crippen LogP contribution in [0.2, 0.25) is 0 Å². The van der Waals surface area contributed by atoms with Crippen molar-refractivity contribution in [3.05, 3.63) is 65.0 Å². The van der Waals surface area contributed by atoms with Crippen molar-refractivity contribution in [2.45, 2.75) is 13.8 Å². The minimum absolute atomic E-state index is 0.0309. The van der Waals surface area contributed by atoms with Crippen LogP contribution in [0.25, 0.3) is 17.0 Å². The molecule has 0 saturated carbocycles. The van der Waals surface area contributed by atoms with Gasteiger partial charge in [-0.1, -0.05) is 0 Å². The number of hydrogen-bond acceptors (Lipinski definition) is 5. The number of nitrogens with one attached hydrogen (secondary N) is 1. The molecule has 0 aliphatic rings. The summed E-state index contributed by atoms with van der Waals surface area (Å²) >= 11 is 1.45. The Morgan fingerprint density at radius 1 is 1.15 bits per heavy atom. The first-order chi connectivity index (χ1) is 12.5. The summed E-state index contributed by atoms with van der Waals surface area (Å²) in [5.74, 6) is -0.293. The summed E-state index contributed by atoms with van der Waals surface area (Å²) < 4.78 is 15.3. The van der Waals surface area contributed by atoms with Crippen molar-refractivity contribution in [2.75, 3.05) is 5.32 Å². The zero-order valence-corrected chi connectivity index (χ0v) is 15.0. The van der Waals surface area contributed by atoms with Crippen LogP contribution in [0, 0.1) is 12.7 Å². The molecule has 4 aromatic rings. The fourth-order valence-corrected chi connectivity index (χ4v) is 3.51. The molecule has 0 fully saturated rings. The summed E-state index contributed by atoms with van der Waals surface area (Å²) in [6, 6.07) is 10.3. The average molecular weight is 366 g/mol. The highest BCUT2D eigenvalue weighted by molar-refractivity contribution is 7.14. The summed E-state index contributed by atoms with van der Waals surface area (Å²) in [6.07, 6.45) is 1.41. The number of fused-ring (bicyclic) bond motifs is 1. The van der Waals surface area contributed by atoms with E-state index in [2.05, 4.69) is 15.3 Å². The van der Waals surface area contributed by atoms with Gasteiger partial charge in [0.05, 0.1) is 11.4 Å². The first-order valence-corrected chi connectivity index (χ1v) is 8.87. The minimum Gasteiger partial charge on any atom is -0.332 e. The molecule has 0 atom stereocenters. The van der Waals surface area contributed by atoms with Gasteiger partial charge in [-0.05, 0) is 50.2 Å². The molecule has 1 aromatic carbocycles. The molecule has 0 aliphatic carbocycles. The van der Waals surface area contributed by atoms with E-state index in [0.29, 0.717) is 16.3 Å². The third kappa shape index (κ3) is 2.97. The highest BCUT2D eigenvalue weighted by Crippen LogP contribution is 2.30. The minimum atomic E-state index is -0.324. The number of aryl methyl sites for hydroxylation is 1. The molecule has 130 valence electrons. The van der Waals surface area contributed by atoms with E-state index in [1.807, 2.05) is 24.4 Å². The fraction of sp³-hybridized carbons (Fsp3) is 0.105. The van der Waals surface area contributed by atoms with Crippen molar-refractivity contribution >= 4 is 33.6 Å². The van der Waals surface area contributed by atoms with Gasteiger partial charge in [0, 0.05) is 22.8 Å². The number of carbonyl (C=O) groups is 1. The summed E-state index contributed by atoms with van der Waals surface area (Å²) in [7, 11) is 0. The lowest BCUT2D eigenvalue weighted by atomic mass is 10.1. The first kappa shape index (κ1) is 16.4. The lowest BCUT2D eigenvalue weighted by Gasteiger charge is -2.03. The summed E-state index contributed by atoms with van der Waals surface area (Å²) in [5.41, 5.74) is 4.49. The second-order valence-corrected chi connectivity index (χ2v) is 6.78. The smallest absolute Gasteiger partial charge is 0.187 e. The maximum atomic E-state index is 13.6. The lowest BCUT2D eigenvalue weighted by molar-refractivity contribution is 0.101. The Bertz CT molecular complexity index is 1110. The highest BCUT2D eigenvalue weighted by Gasteiger charge is 2.15. The molecular formula is C19H15FN4OS. The number of anilines is 2. The highest BCUT2D eigenvalue weighted by atomic mass is 32.1. The first-order valence-electron chi connectivity index (χ1n) is 7.99. The van der Waals surface area contributed by atoms with Crippen LogP contribution < -0.4 is 5.32 Å². The molecule has 3 aromatic heterocycles. The van der Waals surface area contributed by atoms with E-state index in [0.717, 1.165) is 22.8 Å². The monoisotopic (exact) mass is 366 g/mol. The van der Waals surface area contributed by atoms with E-state index in [1.54, 1.807) is 22.6 Å². The zero-order valence-electron chi connectivity index (χ0n) is 14.2. The molecule has 0 unspecified atom stereocenters. The zero-order chi connectivity index (χ0) is 18.3. The van der Waals surface area contributed by atoms with E-state index < -0.39 is 0 Å². The number of benzene rings is 1. The van der Waals surface area contributed by atoms with Gasteiger partial charge in [0.25, 0.3) is 0 Å². The SMILES string of the molecule is CC(=O)c1ccc(Nc2nc(-c3c(C)nc4ccc(F)cn34)cs2)cc1. The van der Waals surface area contributed by atoms with Crippen LogP contribution in [0.4, 0.5) is 15.2 Å². The Kier molecular flexibility index (Phi) is 4.00. The predicted molar refractivity (Wildman–Crippen MR) is 101 cm³/mol. The van der Waals surface area contributed by atoms with Crippen LogP contribution in [0.1, 0.15) is 23.0 Å². The molecule has 0 bridgehead atoms. The van der Waals surface area contributed by atoms with E-state index in [9.17, 15) is 9.18 Å². The Morgan fingerprint density at radius 3 is 2.65 bits per heavy atom. The van der Waals surface area contributed by atoms with E-state index >= 15 is 0 Å². The van der Waals surface area contributed by atoms with Crippen molar-refractivity contribution in [3.63, 3.8) is 0 Å². The maximum Gasteiger partial charge on any atom is 0.187 e. The Labute approximate surface area is 153 Å². The van der Waals surface area contributed by atoms with Gasteiger partial charge in [-0.25, -0.2) is 14.4 Å². The molecule has 0 amide bonds. The molecule has 0 radical (unpaired) electrons. The van der Waals surface area contributed by atoms with Gasteiger partial charge in [-0.15, -0.1) is 11.3 Å². The Morgan fingerprint density at radius 2 is 1.92 bits per heavy atom. The second-order valence-electron chi connectivity index (χ2n) is 5.92. The number of Topliss-reactive ketones (excluding diaryl/α,β-unsaturated/α-hetero) is 1. The number of thiazole rings is 1. The largest absolute Gasteiger partial charge is 0.332 e. The van der Waals surface area contributed by atoms with Crippen LogP contribution in [0.5, 0.6) is 0 Å². The van der Waals surface area contributed by atoms with Crippen LogP contribution in [0.3, 0.4) is 0 Å². The number of rotatable bonds is 4. The number of ketones is 1. The standard InChI is InChI=1S/C19H15FN4OS/c1-11-18(24-9-14(20)5-8-17(24)21-11)16-10-26-19(23-16)22-15-6-3-13(4-7-15)12(2)25/h3-10H,1-2H3,(H,22,23). The van der Waals surface area contributed by atoms with Gasteiger partial charge in [0.1, 0.15) is 17.2 Å². The Balaban J connectivity index is 1.65. The molecule has 1 N–H and O–H groups in total. The molecule has 7 heteroatoms. The number of hydrogen-bond donors (Lipinski definition) is 1.